The van der Waals surface area contributed by atoms with Crippen LogP contribution in [0.5, 0.6) is 0 Å². The molecule has 2 N–H and O–H groups in total. The Morgan fingerprint density at radius 1 is 1.28 bits per heavy atom. The van der Waals surface area contributed by atoms with E-state index in [9.17, 15) is 18.0 Å². The summed E-state index contributed by atoms with van der Waals surface area (Å²) in [6.07, 6.45) is -3.78. The zero-order valence-corrected chi connectivity index (χ0v) is 14.8. The summed E-state index contributed by atoms with van der Waals surface area (Å²) in [5.41, 5.74) is 0.592. The molecule has 0 fully saturated rings. The smallest absolute Gasteiger partial charge is 0.338 e. The summed E-state index contributed by atoms with van der Waals surface area (Å²) >= 11 is 1.60. The Morgan fingerprint density at radius 2 is 2.04 bits per heavy atom. The van der Waals surface area contributed by atoms with E-state index in [2.05, 4.69) is 29.5 Å². The average molecular weight is 371 g/mol. The lowest BCUT2D eigenvalue weighted by molar-refractivity contribution is -0.137. The number of hydrogen-bond acceptors (Lipinski definition) is 3. The van der Waals surface area contributed by atoms with E-state index in [0.29, 0.717) is 24.4 Å². The lowest BCUT2D eigenvalue weighted by Gasteiger charge is -2.10. The standard InChI is InChI=1S/C17H20F3N3OS/c1-11(2)15-23-14(10-25-15)6-7-21-16(24)22-9-12-4-3-5-13(8-12)17(18,19)20/h3-5,8,10-11H,6-7,9H2,1-2H3,(H2,21,22,24). The van der Waals surface area contributed by atoms with Crippen molar-refractivity contribution in [2.24, 2.45) is 0 Å². The first kappa shape index (κ1) is 19.2. The van der Waals surface area contributed by atoms with Gasteiger partial charge in [-0.2, -0.15) is 13.2 Å². The second-order valence-electron chi connectivity index (χ2n) is 5.89. The van der Waals surface area contributed by atoms with Gasteiger partial charge in [0.1, 0.15) is 0 Å². The van der Waals surface area contributed by atoms with Crippen molar-refractivity contribution in [3.63, 3.8) is 0 Å². The van der Waals surface area contributed by atoms with Crippen LogP contribution in [0.4, 0.5) is 18.0 Å². The minimum Gasteiger partial charge on any atom is -0.338 e. The number of nitrogens with zero attached hydrogens (tertiary/aromatic N) is 1. The first-order valence-electron chi connectivity index (χ1n) is 7.88. The Hall–Kier alpha value is -2.09. The quantitative estimate of drug-likeness (QED) is 0.794. The summed E-state index contributed by atoms with van der Waals surface area (Å²) in [5.74, 6) is 0.377. The van der Waals surface area contributed by atoms with E-state index >= 15 is 0 Å². The number of urea groups is 1. The molecule has 0 spiro atoms. The van der Waals surface area contributed by atoms with Crippen LogP contribution in [0.25, 0.3) is 0 Å². The molecule has 8 heteroatoms. The number of rotatable bonds is 6. The number of nitrogens with one attached hydrogen (secondary N) is 2. The molecule has 0 saturated carbocycles. The molecule has 2 amide bonds. The zero-order chi connectivity index (χ0) is 18.4. The summed E-state index contributed by atoms with van der Waals surface area (Å²) in [6.45, 7) is 4.59. The topological polar surface area (TPSA) is 54.0 Å². The van der Waals surface area contributed by atoms with Crippen LogP contribution in [0.2, 0.25) is 0 Å². The van der Waals surface area contributed by atoms with E-state index in [1.165, 1.54) is 12.1 Å². The predicted molar refractivity (Wildman–Crippen MR) is 91.6 cm³/mol. The van der Waals surface area contributed by atoms with Crippen LogP contribution in [0.1, 0.15) is 41.6 Å². The monoisotopic (exact) mass is 371 g/mol. The van der Waals surface area contributed by atoms with Crippen LogP contribution in [0.3, 0.4) is 0 Å². The number of benzene rings is 1. The number of thiazole rings is 1. The van der Waals surface area contributed by atoms with E-state index < -0.39 is 17.8 Å². The second-order valence-corrected chi connectivity index (χ2v) is 6.78. The van der Waals surface area contributed by atoms with Crippen LogP contribution < -0.4 is 10.6 Å². The number of hydrogen-bond donors (Lipinski definition) is 2. The van der Waals surface area contributed by atoms with Crippen molar-refractivity contribution in [2.75, 3.05) is 6.54 Å². The normalized spacial score (nSPS) is 11.6. The first-order valence-corrected chi connectivity index (χ1v) is 8.76. The fourth-order valence-electron chi connectivity index (χ4n) is 2.11. The third-order valence-electron chi connectivity index (χ3n) is 3.44. The Balaban J connectivity index is 1.75. The first-order chi connectivity index (χ1) is 11.8. The van der Waals surface area contributed by atoms with E-state index in [1.54, 1.807) is 11.3 Å². The number of aromatic nitrogens is 1. The fraction of sp³-hybridized carbons (Fsp3) is 0.412. The van der Waals surface area contributed by atoms with Crippen molar-refractivity contribution in [1.29, 1.82) is 0 Å². The van der Waals surface area contributed by atoms with Gasteiger partial charge in [-0.25, -0.2) is 9.78 Å². The van der Waals surface area contributed by atoms with Crippen LogP contribution in [-0.2, 0) is 19.1 Å². The molecule has 0 atom stereocenters. The van der Waals surface area contributed by atoms with E-state index in [0.717, 1.165) is 22.8 Å². The van der Waals surface area contributed by atoms with Gasteiger partial charge in [0, 0.05) is 30.8 Å². The van der Waals surface area contributed by atoms with Gasteiger partial charge in [-0.3, -0.25) is 0 Å². The van der Waals surface area contributed by atoms with Crippen molar-refractivity contribution >= 4 is 17.4 Å². The van der Waals surface area contributed by atoms with Gasteiger partial charge in [0.25, 0.3) is 0 Å². The third-order valence-corrected chi connectivity index (χ3v) is 4.63. The molecule has 136 valence electrons. The van der Waals surface area contributed by atoms with Crippen molar-refractivity contribution in [3.8, 4) is 0 Å². The SMILES string of the molecule is CC(C)c1nc(CCNC(=O)NCc2cccc(C(F)(F)F)c2)cs1. The van der Waals surface area contributed by atoms with Gasteiger partial charge < -0.3 is 10.6 Å². The Kier molecular flexibility index (Phi) is 6.41. The molecule has 4 nitrogen and oxygen atoms in total. The van der Waals surface area contributed by atoms with Crippen molar-refractivity contribution in [1.82, 2.24) is 15.6 Å². The number of alkyl halides is 3. The maximum atomic E-state index is 12.6. The molecule has 0 aliphatic carbocycles. The largest absolute Gasteiger partial charge is 0.416 e. The molecular weight excluding hydrogens is 351 g/mol. The lowest BCUT2D eigenvalue weighted by Crippen LogP contribution is -2.36. The molecule has 0 aliphatic heterocycles. The minimum absolute atomic E-state index is 0.0317. The Labute approximate surface area is 148 Å². The molecule has 0 unspecified atom stereocenters. The summed E-state index contributed by atoms with van der Waals surface area (Å²) < 4.78 is 37.9. The maximum Gasteiger partial charge on any atom is 0.416 e. The molecule has 1 aromatic carbocycles. The van der Waals surface area contributed by atoms with E-state index in [4.69, 9.17) is 0 Å². The lowest BCUT2D eigenvalue weighted by atomic mass is 10.1. The highest BCUT2D eigenvalue weighted by Crippen LogP contribution is 2.29. The summed E-state index contributed by atoms with van der Waals surface area (Å²) in [5, 5.41) is 8.26. The maximum absolute atomic E-state index is 12.6. The second kappa shape index (κ2) is 8.33. The van der Waals surface area contributed by atoms with Crippen molar-refractivity contribution in [3.05, 3.63) is 51.5 Å². The molecular formula is C17H20F3N3OS. The molecule has 0 bridgehead atoms. The minimum atomic E-state index is -4.39. The highest BCUT2D eigenvalue weighted by atomic mass is 32.1. The molecule has 0 radical (unpaired) electrons. The van der Waals surface area contributed by atoms with E-state index in [-0.39, 0.29) is 6.54 Å². The highest BCUT2D eigenvalue weighted by Gasteiger charge is 2.30. The summed E-state index contributed by atoms with van der Waals surface area (Å²) in [7, 11) is 0. The van der Waals surface area contributed by atoms with Gasteiger partial charge in [0.05, 0.1) is 16.3 Å². The number of amides is 2. The highest BCUT2D eigenvalue weighted by molar-refractivity contribution is 7.09. The Morgan fingerprint density at radius 3 is 2.68 bits per heavy atom. The molecule has 2 rings (SSSR count). The molecule has 2 aromatic rings. The average Bonchev–Trinajstić information content (AvgIpc) is 3.02. The van der Waals surface area contributed by atoms with E-state index in [1.807, 2.05) is 5.38 Å². The van der Waals surface area contributed by atoms with Crippen molar-refractivity contribution < 1.29 is 18.0 Å². The number of carbonyl (C=O) groups is 1. The number of halogens is 3. The van der Waals surface area contributed by atoms with Crippen LogP contribution in [0, 0.1) is 0 Å². The third kappa shape index (κ3) is 6.04. The zero-order valence-electron chi connectivity index (χ0n) is 14.0. The fourth-order valence-corrected chi connectivity index (χ4v) is 2.98. The number of carbonyl (C=O) groups excluding carboxylic acids is 1. The van der Waals surface area contributed by atoms with Gasteiger partial charge >= 0.3 is 12.2 Å². The van der Waals surface area contributed by atoms with Gasteiger partial charge in [-0.05, 0) is 17.7 Å². The molecule has 25 heavy (non-hydrogen) atoms. The predicted octanol–water partition coefficient (Wildman–Crippen LogP) is 4.33. The summed E-state index contributed by atoms with van der Waals surface area (Å²) in [4.78, 5) is 16.2. The molecule has 0 saturated heterocycles. The summed E-state index contributed by atoms with van der Waals surface area (Å²) in [6, 6.07) is 4.48. The van der Waals surface area contributed by atoms with Gasteiger partial charge in [0.2, 0.25) is 0 Å². The molecule has 0 aliphatic rings. The Bertz CT molecular complexity index is 713. The molecule has 1 aromatic heterocycles. The van der Waals surface area contributed by atoms with Gasteiger partial charge in [-0.1, -0.05) is 26.0 Å². The van der Waals surface area contributed by atoms with Crippen molar-refractivity contribution in [2.45, 2.75) is 38.9 Å². The van der Waals surface area contributed by atoms with Gasteiger partial charge in [-0.15, -0.1) is 11.3 Å². The van der Waals surface area contributed by atoms with Crippen LogP contribution in [-0.4, -0.2) is 17.6 Å². The molecule has 1 heterocycles. The van der Waals surface area contributed by atoms with Gasteiger partial charge in [0.15, 0.2) is 0 Å². The van der Waals surface area contributed by atoms with Crippen LogP contribution >= 0.6 is 11.3 Å². The van der Waals surface area contributed by atoms with Crippen LogP contribution in [0.15, 0.2) is 29.6 Å².